The second-order valence-corrected chi connectivity index (χ2v) is 9.47. The monoisotopic (exact) mass is 410 g/mol. The van der Waals surface area contributed by atoms with Crippen LogP contribution in [0.3, 0.4) is 0 Å². The number of carbonyl (C=O) groups excluding carboxylic acids is 1. The molecule has 4 rings (SSSR count). The first-order valence-electron chi connectivity index (χ1n) is 10.7. The molecule has 0 radical (unpaired) electrons. The maximum Gasteiger partial charge on any atom is 0.241 e. The standard InChI is InChI=1S/C24H31FN4O/c1-16-13-28(17(2)11-26-16)14-22(30)29-15-24(3,4)23-21(29)10-19(12-27-23)9-18-5-7-20(25)8-6-18/h5-8,10,12,16-17,26H,9,11,13-15H2,1-4H3/t16?,17-/m0/s1. The van der Waals surface area contributed by atoms with E-state index in [-0.39, 0.29) is 17.1 Å². The van der Waals surface area contributed by atoms with Crippen LogP contribution < -0.4 is 10.2 Å². The van der Waals surface area contributed by atoms with Crippen LogP contribution in [0.1, 0.15) is 44.5 Å². The summed E-state index contributed by atoms with van der Waals surface area (Å²) in [4.78, 5) is 22.2. The molecule has 5 nitrogen and oxygen atoms in total. The minimum atomic E-state index is -0.235. The van der Waals surface area contributed by atoms with E-state index in [1.807, 2.05) is 11.1 Å². The summed E-state index contributed by atoms with van der Waals surface area (Å²) in [6.45, 7) is 11.4. The summed E-state index contributed by atoms with van der Waals surface area (Å²) >= 11 is 0. The van der Waals surface area contributed by atoms with Gasteiger partial charge in [-0.3, -0.25) is 14.7 Å². The van der Waals surface area contributed by atoms with E-state index >= 15 is 0 Å². The highest BCUT2D eigenvalue weighted by atomic mass is 19.1. The van der Waals surface area contributed by atoms with Gasteiger partial charge in [0, 0.05) is 43.3 Å². The van der Waals surface area contributed by atoms with Crippen LogP contribution in [0.5, 0.6) is 0 Å². The van der Waals surface area contributed by atoms with Crippen molar-refractivity contribution in [1.29, 1.82) is 0 Å². The number of amides is 1. The molecule has 1 unspecified atom stereocenters. The van der Waals surface area contributed by atoms with Crippen LogP contribution in [-0.4, -0.2) is 54.1 Å². The Morgan fingerprint density at radius 3 is 2.70 bits per heavy atom. The third-order valence-electron chi connectivity index (χ3n) is 6.26. The van der Waals surface area contributed by atoms with E-state index in [0.29, 0.717) is 31.6 Å². The van der Waals surface area contributed by atoms with Gasteiger partial charge >= 0.3 is 0 Å². The van der Waals surface area contributed by atoms with Gasteiger partial charge in [-0.1, -0.05) is 26.0 Å². The molecule has 0 aliphatic carbocycles. The summed E-state index contributed by atoms with van der Waals surface area (Å²) in [6, 6.07) is 9.35. The van der Waals surface area contributed by atoms with E-state index in [1.165, 1.54) is 12.1 Å². The number of nitrogens with one attached hydrogen (secondary N) is 1. The van der Waals surface area contributed by atoms with Crippen LogP contribution in [0.4, 0.5) is 10.1 Å². The molecule has 1 aromatic carbocycles. The highest BCUT2D eigenvalue weighted by molar-refractivity contribution is 5.97. The predicted molar refractivity (Wildman–Crippen MR) is 117 cm³/mol. The summed E-state index contributed by atoms with van der Waals surface area (Å²) in [5.41, 5.74) is 3.76. The third-order valence-corrected chi connectivity index (χ3v) is 6.26. The van der Waals surface area contributed by atoms with Crippen LogP contribution in [-0.2, 0) is 16.6 Å². The van der Waals surface area contributed by atoms with Crippen molar-refractivity contribution in [1.82, 2.24) is 15.2 Å². The zero-order chi connectivity index (χ0) is 21.5. The Morgan fingerprint density at radius 1 is 1.23 bits per heavy atom. The van der Waals surface area contributed by atoms with E-state index in [4.69, 9.17) is 4.98 Å². The number of hydrogen-bond acceptors (Lipinski definition) is 4. The van der Waals surface area contributed by atoms with Gasteiger partial charge in [-0.25, -0.2) is 4.39 Å². The number of nitrogens with zero attached hydrogens (tertiary/aromatic N) is 3. The number of anilines is 1. The zero-order valence-corrected chi connectivity index (χ0v) is 18.3. The first-order valence-corrected chi connectivity index (χ1v) is 10.7. The average Bonchev–Trinajstić information content (AvgIpc) is 2.97. The third kappa shape index (κ3) is 4.25. The quantitative estimate of drug-likeness (QED) is 0.842. The lowest BCUT2D eigenvalue weighted by Gasteiger charge is -2.37. The van der Waals surface area contributed by atoms with E-state index < -0.39 is 0 Å². The molecule has 160 valence electrons. The van der Waals surface area contributed by atoms with Crippen LogP contribution in [0.15, 0.2) is 36.5 Å². The Bertz CT molecular complexity index is 927. The van der Waals surface area contributed by atoms with E-state index in [0.717, 1.165) is 35.6 Å². The SMILES string of the molecule is CC1CN(CC(=O)N2CC(C)(C)c3ncc(Cc4ccc(F)cc4)cc32)[C@@H](C)CN1. The van der Waals surface area contributed by atoms with Gasteiger partial charge in [0.15, 0.2) is 0 Å². The predicted octanol–water partition coefficient (Wildman–Crippen LogP) is 3.12. The molecule has 1 amide bonds. The second kappa shape index (κ2) is 8.08. The summed E-state index contributed by atoms with van der Waals surface area (Å²) in [5, 5.41) is 3.47. The van der Waals surface area contributed by atoms with Gasteiger partial charge in [-0.05, 0) is 49.6 Å². The van der Waals surface area contributed by atoms with E-state index in [1.54, 1.807) is 12.1 Å². The van der Waals surface area contributed by atoms with Crippen LogP contribution in [0.2, 0.25) is 0 Å². The molecule has 0 saturated carbocycles. The number of pyridine rings is 1. The number of piperazine rings is 1. The van der Waals surface area contributed by atoms with Gasteiger partial charge in [-0.2, -0.15) is 0 Å². The van der Waals surface area contributed by atoms with E-state index in [9.17, 15) is 9.18 Å². The van der Waals surface area contributed by atoms with Gasteiger partial charge in [-0.15, -0.1) is 0 Å². The van der Waals surface area contributed by atoms with Crippen LogP contribution >= 0.6 is 0 Å². The minimum absolute atomic E-state index is 0.128. The Kier molecular flexibility index (Phi) is 5.64. The Morgan fingerprint density at radius 2 is 1.97 bits per heavy atom. The lowest BCUT2D eigenvalue weighted by Crippen LogP contribution is -2.56. The maximum atomic E-state index is 13.3. The lowest BCUT2D eigenvalue weighted by atomic mass is 9.91. The first-order chi connectivity index (χ1) is 14.2. The van der Waals surface area contributed by atoms with Crippen molar-refractivity contribution < 1.29 is 9.18 Å². The molecular weight excluding hydrogens is 379 g/mol. The molecule has 0 spiro atoms. The number of rotatable bonds is 4. The van der Waals surface area contributed by atoms with Crippen molar-refractivity contribution >= 4 is 11.6 Å². The number of hydrogen-bond donors (Lipinski definition) is 1. The van der Waals surface area contributed by atoms with Crippen LogP contribution in [0, 0.1) is 5.82 Å². The molecule has 2 aliphatic heterocycles. The van der Waals surface area contributed by atoms with Crippen molar-refractivity contribution in [2.24, 2.45) is 0 Å². The van der Waals surface area contributed by atoms with Gasteiger partial charge in [0.1, 0.15) is 5.82 Å². The number of halogens is 1. The average molecular weight is 411 g/mol. The fourth-order valence-corrected chi connectivity index (χ4v) is 4.51. The number of carbonyl (C=O) groups is 1. The minimum Gasteiger partial charge on any atom is -0.311 e. The first kappa shape index (κ1) is 20.9. The molecule has 1 N–H and O–H groups in total. The Hall–Kier alpha value is -2.31. The molecular formula is C24H31FN4O. The maximum absolute atomic E-state index is 13.3. The van der Waals surface area contributed by atoms with Crippen molar-refractivity contribution in [3.05, 3.63) is 59.2 Å². The molecule has 0 bridgehead atoms. The molecule has 1 fully saturated rings. The van der Waals surface area contributed by atoms with Gasteiger partial charge < -0.3 is 10.2 Å². The second-order valence-electron chi connectivity index (χ2n) is 9.47. The summed E-state index contributed by atoms with van der Waals surface area (Å²) in [5.74, 6) is -0.107. The highest BCUT2D eigenvalue weighted by Crippen LogP contribution is 2.39. The van der Waals surface area contributed by atoms with Crippen LogP contribution in [0.25, 0.3) is 0 Å². The Labute approximate surface area is 178 Å². The molecule has 1 saturated heterocycles. The molecule has 1 aromatic heterocycles. The molecule has 2 aliphatic rings. The van der Waals surface area contributed by atoms with Crippen molar-refractivity contribution in [3.8, 4) is 0 Å². The summed E-state index contributed by atoms with van der Waals surface area (Å²) in [7, 11) is 0. The van der Waals surface area contributed by atoms with Crippen molar-refractivity contribution in [2.75, 3.05) is 31.1 Å². The van der Waals surface area contributed by atoms with E-state index in [2.05, 4.69) is 44.0 Å². The summed E-state index contributed by atoms with van der Waals surface area (Å²) < 4.78 is 13.2. The zero-order valence-electron chi connectivity index (χ0n) is 18.3. The number of benzene rings is 1. The van der Waals surface area contributed by atoms with Crippen molar-refractivity contribution in [2.45, 2.75) is 51.6 Å². The molecule has 6 heteroatoms. The van der Waals surface area contributed by atoms with Gasteiger partial charge in [0.25, 0.3) is 0 Å². The molecule has 3 heterocycles. The Balaban J connectivity index is 1.56. The largest absolute Gasteiger partial charge is 0.311 e. The fourth-order valence-electron chi connectivity index (χ4n) is 4.51. The molecule has 30 heavy (non-hydrogen) atoms. The lowest BCUT2D eigenvalue weighted by molar-refractivity contribution is -0.120. The fraction of sp³-hybridized carbons (Fsp3) is 0.500. The topological polar surface area (TPSA) is 48.5 Å². The van der Waals surface area contributed by atoms with Crippen molar-refractivity contribution in [3.63, 3.8) is 0 Å². The molecule has 2 atom stereocenters. The smallest absolute Gasteiger partial charge is 0.241 e. The number of fused-ring (bicyclic) bond motifs is 1. The summed E-state index contributed by atoms with van der Waals surface area (Å²) in [6.07, 6.45) is 2.55. The number of aromatic nitrogens is 1. The normalized spacial score (nSPS) is 23.4. The molecule has 2 aromatic rings. The van der Waals surface area contributed by atoms with Gasteiger partial charge in [0.2, 0.25) is 5.91 Å². The van der Waals surface area contributed by atoms with Gasteiger partial charge in [0.05, 0.1) is 17.9 Å². The highest BCUT2D eigenvalue weighted by Gasteiger charge is 2.40.